The largest absolute Gasteiger partial charge is 0.465 e. The van der Waals surface area contributed by atoms with E-state index < -0.39 is 37.1 Å². The Hall–Kier alpha value is -1.75. The maximum Gasteiger partial charge on any atom is 0.346 e. The summed E-state index contributed by atoms with van der Waals surface area (Å²) >= 11 is 0. The van der Waals surface area contributed by atoms with Crippen LogP contribution in [0.1, 0.15) is 29.6 Å². The Kier molecular flexibility index (Phi) is 8.41. The van der Waals surface area contributed by atoms with Crippen molar-refractivity contribution in [1.82, 2.24) is 9.62 Å². The summed E-state index contributed by atoms with van der Waals surface area (Å²) in [6.45, 7) is 2.55. The number of nitro groups is 1. The average Bonchev–Trinajstić information content (AvgIpc) is 2.61. The van der Waals surface area contributed by atoms with Gasteiger partial charge in [-0.2, -0.15) is 0 Å². The highest BCUT2D eigenvalue weighted by atomic mass is 35.5. The van der Waals surface area contributed by atoms with Crippen LogP contribution in [0.4, 0.5) is 5.69 Å². The highest BCUT2D eigenvalue weighted by Crippen LogP contribution is 2.26. The van der Waals surface area contributed by atoms with Gasteiger partial charge in [0.05, 0.1) is 12.0 Å². The molecule has 0 saturated carbocycles. The van der Waals surface area contributed by atoms with Crippen LogP contribution in [0, 0.1) is 10.1 Å². The van der Waals surface area contributed by atoms with E-state index in [2.05, 4.69) is 14.4 Å². The molecule has 0 radical (unpaired) electrons. The molecule has 1 aromatic carbocycles. The van der Waals surface area contributed by atoms with Gasteiger partial charge in [-0.15, -0.1) is 12.4 Å². The van der Waals surface area contributed by atoms with Gasteiger partial charge < -0.3 is 9.64 Å². The first-order valence-electron chi connectivity index (χ1n) is 7.94. The smallest absolute Gasteiger partial charge is 0.346 e. The first-order valence-corrected chi connectivity index (χ1v) is 9.43. The van der Waals surface area contributed by atoms with E-state index in [0.29, 0.717) is 6.54 Å². The molecule has 1 saturated heterocycles. The van der Waals surface area contributed by atoms with Crippen molar-refractivity contribution >= 4 is 34.1 Å². The lowest BCUT2D eigenvalue weighted by Crippen LogP contribution is -2.38. The average molecular weight is 408 g/mol. The van der Waals surface area contributed by atoms with Gasteiger partial charge in [0.15, 0.2) is 5.56 Å². The third kappa shape index (κ3) is 5.37. The minimum Gasteiger partial charge on any atom is -0.465 e. The van der Waals surface area contributed by atoms with Gasteiger partial charge in [-0.1, -0.05) is 12.5 Å². The number of sulfonamides is 1. The highest BCUT2D eigenvalue weighted by Gasteiger charge is 2.31. The second kappa shape index (κ2) is 9.81. The Bertz CT molecular complexity index is 750. The van der Waals surface area contributed by atoms with Gasteiger partial charge in [0.2, 0.25) is 10.0 Å². The van der Waals surface area contributed by atoms with Crippen molar-refractivity contribution in [2.45, 2.75) is 24.2 Å². The lowest BCUT2D eigenvalue weighted by Gasteiger charge is -2.26. The van der Waals surface area contributed by atoms with Crippen LogP contribution in [0.2, 0.25) is 0 Å². The normalized spacial score (nSPS) is 15.1. The minimum atomic E-state index is -4.08. The Morgan fingerprint density at radius 2 is 1.96 bits per heavy atom. The molecule has 26 heavy (non-hydrogen) atoms. The van der Waals surface area contributed by atoms with Crippen LogP contribution in [0.25, 0.3) is 0 Å². The summed E-state index contributed by atoms with van der Waals surface area (Å²) in [5, 5.41) is 11.1. The molecule has 9 nitrogen and oxygen atoms in total. The summed E-state index contributed by atoms with van der Waals surface area (Å²) in [5.74, 6) is -1.07. The summed E-state index contributed by atoms with van der Waals surface area (Å²) < 4.78 is 32.0. The monoisotopic (exact) mass is 407 g/mol. The summed E-state index contributed by atoms with van der Waals surface area (Å²) in [5.41, 5.74) is -1.17. The number of ether oxygens (including phenoxy) is 1. The standard InChI is InChI=1S/C15H21N3O6S.ClH/c1-24-15(19)14-12(18(20)21)6-5-7-13(14)25(22,23)16-8-11-17-9-3-2-4-10-17;/h5-7,16H,2-4,8-11H2,1H3;1H. The number of esters is 1. The van der Waals surface area contributed by atoms with E-state index in [1.807, 2.05) is 0 Å². The third-order valence-electron chi connectivity index (χ3n) is 4.05. The molecule has 1 N–H and O–H groups in total. The van der Waals surface area contributed by atoms with Crippen LogP contribution < -0.4 is 4.72 Å². The lowest BCUT2D eigenvalue weighted by atomic mass is 10.1. The molecule has 146 valence electrons. The molecule has 0 spiro atoms. The number of hydrogen-bond acceptors (Lipinski definition) is 7. The summed E-state index contributed by atoms with van der Waals surface area (Å²) in [6.07, 6.45) is 3.35. The number of benzene rings is 1. The summed E-state index contributed by atoms with van der Waals surface area (Å²) in [7, 11) is -3.04. The number of likely N-dealkylation sites (tertiary alicyclic amines) is 1. The highest BCUT2D eigenvalue weighted by molar-refractivity contribution is 7.89. The molecule has 1 heterocycles. The molecule has 0 unspecified atom stereocenters. The van der Waals surface area contributed by atoms with Crippen molar-refractivity contribution in [1.29, 1.82) is 0 Å². The molecule has 1 aromatic rings. The van der Waals surface area contributed by atoms with Gasteiger partial charge in [-0.25, -0.2) is 17.9 Å². The minimum absolute atomic E-state index is 0. The Morgan fingerprint density at radius 3 is 2.54 bits per heavy atom. The maximum atomic E-state index is 12.5. The Morgan fingerprint density at radius 1 is 1.31 bits per heavy atom. The van der Waals surface area contributed by atoms with Gasteiger partial charge in [-0.3, -0.25) is 10.1 Å². The zero-order chi connectivity index (χ0) is 18.4. The molecule has 2 rings (SSSR count). The SMILES string of the molecule is COC(=O)c1c([N+](=O)[O-])cccc1S(=O)(=O)NCCN1CCCCC1.Cl. The van der Waals surface area contributed by atoms with E-state index in [1.165, 1.54) is 12.5 Å². The molecule has 0 amide bonds. The number of halogens is 1. The van der Waals surface area contributed by atoms with E-state index in [9.17, 15) is 23.3 Å². The van der Waals surface area contributed by atoms with E-state index >= 15 is 0 Å². The molecular weight excluding hydrogens is 386 g/mol. The molecule has 1 aliphatic heterocycles. The van der Waals surface area contributed by atoms with Crippen LogP contribution >= 0.6 is 12.4 Å². The van der Waals surface area contributed by atoms with Crippen LogP contribution in [0.3, 0.4) is 0 Å². The van der Waals surface area contributed by atoms with E-state index in [4.69, 9.17) is 0 Å². The van der Waals surface area contributed by atoms with Crippen molar-refractivity contribution in [3.05, 3.63) is 33.9 Å². The third-order valence-corrected chi connectivity index (χ3v) is 5.55. The molecular formula is C15H22ClN3O6S. The zero-order valence-corrected chi connectivity index (χ0v) is 16.0. The van der Waals surface area contributed by atoms with Gasteiger partial charge in [0.1, 0.15) is 4.90 Å². The predicted octanol–water partition coefficient (Wildman–Crippen LogP) is 1.57. The number of nitrogens with one attached hydrogen (secondary N) is 1. The molecule has 0 aliphatic carbocycles. The summed E-state index contributed by atoms with van der Waals surface area (Å²) in [4.78, 5) is 23.9. The Balaban J connectivity index is 0.00000338. The van der Waals surface area contributed by atoms with Crippen molar-refractivity contribution in [3.8, 4) is 0 Å². The van der Waals surface area contributed by atoms with Gasteiger partial charge in [0, 0.05) is 19.2 Å². The first kappa shape index (κ1) is 22.3. The van der Waals surface area contributed by atoms with Gasteiger partial charge in [-0.05, 0) is 32.0 Å². The fraction of sp³-hybridized carbons (Fsp3) is 0.533. The maximum absolute atomic E-state index is 12.5. The van der Waals surface area contributed by atoms with Crippen LogP contribution in [0.5, 0.6) is 0 Å². The molecule has 1 aliphatic rings. The van der Waals surface area contributed by atoms with Crippen molar-refractivity contribution in [3.63, 3.8) is 0 Å². The van der Waals surface area contributed by atoms with Gasteiger partial charge in [0.25, 0.3) is 5.69 Å². The second-order valence-electron chi connectivity index (χ2n) is 5.70. The number of hydrogen-bond donors (Lipinski definition) is 1. The first-order chi connectivity index (χ1) is 11.9. The number of nitrogens with zero attached hydrogens (tertiary/aromatic N) is 2. The van der Waals surface area contributed by atoms with E-state index in [0.717, 1.165) is 45.2 Å². The molecule has 0 bridgehead atoms. The fourth-order valence-corrected chi connectivity index (χ4v) is 4.03. The number of carbonyl (C=O) groups is 1. The molecule has 11 heteroatoms. The van der Waals surface area contributed by atoms with Crippen molar-refractivity contribution in [2.75, 3.05) is 33.3 Å². The number of piperidine rings is 1. The number of methoxy groups -OCH3 is 1. The van der Waals surface area contributed by atoms with Crippen LogP contribution in [-0.4, -0.2) is 57.5 Å². The second-order valence-corrected chi connectivity index (χ2v) is 7.43. The van der Waals surface area contributed by atoms with E-state index in [-0.39, 0.29) is 19.0 Å². The molecule has 0 aromatic heterocycles. The van der Waals surface area contributed by atoms with Crippen LogP contribution in [-0.2, 0) is 14.8 Å². The fourth-order valence-electron chi connectivity index (χ4n) is 2.80. The van der Waals surface area contributed by atoms with Gasteiger partial charge >= 0.3 is 5.97 Å². The summed E-state index contributed by atoms with van der Waals surface area (Å²) in [6, 6.07) is 3.45. The zero-order valence-electron chi connectivity index (χ0n) is 14.3. The number of rotatable bonds is 7. The van der Waals surface area contributed by atoms with Crippen molar-refractivity contribution in [2.24, 2.45) is 0 Å². The predicted molar refractivity (Wildman–Crippen MR) is 97.2 cm³/mol. The number of carbonyl (C=O) groups excluding carboxylic acids is 1. The van der Waals surface area contributed by atoms with Crippen molar-refractivity contribution < 1.29 is 22.9 Å². The number of nitro benzene ring substituents is 1. The molecule has 1 fully saturated rings. The lowest BCUT2D eigenvalue weighted by molar-refractivity contribution is -0.385. The van der Waals surface area contributed by atoms with Crippen LogP contribution in [0.15, 0.2) is 23.1 Å². The topological polar surface area (TPSA) is 119 Å². The quantitative estimate of drug-likeness (QED) is 0.414. The van der Waals surface area contributed by atoms with E-state index in [1.54, 1.807) is 0 Å². The molecule has 0 atom stereocenters. The Labute approximate surface area is 158 Å².